The van der Waals surface area contributed by atoms with Crippen molar-refractivity contribution in [2.24, 2.45) is 5.92 Å². The molecule has 2 aromatic carbocycles. The number of rotatable bonds is 13. The van der Waals surface area contributed by atoms with E-state index in [2.05, 4.69) is 54.6 Å². The van der Waals surface area contributed by atoms with Gasteiger partial charge in [-0.05, 0) is 24.0 Å². The van der Waals surface area contributed by atoms with E-state index in [0.29, 0.717) is 35.8 Å². The molecule has 1 fully saturated rings. The van der Waals surface area contributed by atoms with Crippen molar-refractivity contribution in [3.8, 4) is 0 Å². The fourth-order valence-electron chi connectivity index (χ4n) is 5.75. The van der Waals surface area contributed by atoms with Gasteiger partial charge in [-0.15, -0.1) is 5.10 Å². The monoisotopic (exact) mass is 661 g/mol. The number of aromatic nitrogens is 7. The van der Waals surface area contributed by atoms with Gasteiger partial charge in [-0.25, -0.2) is 28.1 Å². The van der Waals surface area contributed by atoms with Gasteiger partial charge < -0.3 is 20.3 Å². The number of hydrogen-bond donors (Lipinski definition) is 4. The molecular weight excluding hydrogens is 622 g/mol. The second-order valence-corrected chi connectivity index (χ2v) is 13.8. The first-order valence-electron chi connectivity index (χ1n) is 15.6. The standard InChI is InChI=1S/C32H39N9O5S/c1-4-40-17-24(38-39-40)29-27(42)28(43)32(46-29)41-19-34-26-30(36-25(37-31(26)41)16-35-47(44,45)18-20(2)3)33-15-23(21-11-7-5-8-12-21)22-13-9-6-10-14-22/h5-14,17,19-20,23,27-29,32,35,42-43H,4,15-16,18H2,1-3H3,(H,33,36,37). The van der Waals surface area contributed by atoms with Crippen LogP contribution in [0.2, 0.25) is 0 Å². The van der Waals surface area contributed by atoms with E-state index in [9.17, 15) is 18.6 Å². The number of benzene rings is 2. The normalized spacial score (nSPS) is 20.1. The first-order chi connectivity index (χ1) is 22.6. The van der Waals surface area contributed by atoms with E-state index in [1.165, 1.54) is 10.9 Å². The number of imidazole rings is 1. The van der Waals surface area contributed by atoms with Crippen LogP contribution in [0.4, 0.5) is 5.82 Å². The first kappa shape index (κ1) is 32.7. The number of ether oxygens (including phenoxy) is 1. The Morgan fingerprint density at radius 3 is 2.28 bits per heavy atom. The summed E-state index contributed by atoms with van der Waals surface area (Å²) in [7, 11) is -3.60. The molecule has 15 heteroatoms. The molecule has 5 aromatic rings. The van der Waals surface area contributed by atoms with Crippen LogP contribution in [0.5, 0.6) is 0 Å². The summed E-state index contributed by atoms with van der Waals surface area (Å²) in [4.78, 5) is 13.9. The third kappa shape index (κ3) is 7.18. The van der Waals surface area contributed by atoms with E-state index in [4.69, 9.17) is 9.72 Å². The van der Waals surface area contributed by atoms with E-state index in [0.717, 1.165) is 11.1 Å². The lowest BCUT2D eigenvalue weighted by molar-refractivity contribution is -0.0370. The zero-order chi connectivity index (χ0) is 33.1. The van der Waals surface area contributed by atoms with Gasteiger partial charge in [0.25, 0.3) is 0 Å². The summed E-state index contributed by atoms with van der Waals surface area (Å²) in [6.45, 7) is 6.44. The van der Waals surface area contributed by atoms with Crippen LogP contribution in [-0.2, 0) is 27.8 Å². The number of aliphatic hydroxyl groups excluding tert-OH is 2. The first-order valence-corrected chi connectivity index (χ1v) is 17.2. The fourth-order valence-corrected chi connectivity index (χ4v) is 7.10. The summed E-state index contributed by atoms with van der Waals surface area (Å²) >= 11 is 0. The highest BCUT2D eigenvalue weighted by Gasteiger charge is 2.46. The maximum Gasteiger partial charge on any atom is 0.212 e. The van der Waals surface area contributed by atoms with Crippen LogP contribution in [0.15, 0.2) is 73.2 Å². The molecule has 1 aliphatic heterocycles. The van der Waals surface area contributed by atoms with Crippen molar-refractivity contribution < 1.29 is 23.4 Å². The van der Waals surface area contributed by atoms with Gasteiger partial charge in [0, 0.05) is 19.0 Å². The lowest BCUT2D eigenvalue weighted by atomic mass is 9.91. The van der Waals surface area contributed by atoms with Crippen LogP contribution >= 0.6 is 0 Å². The molecule has 4 N–H and O–H groups in total. The lowest BCUT2D eigenvalue weighted by Gasteiger charge is -2.20. The van der Waals surface area contributed by atoms with Crippen molar-refractivity contribution in [3.63, 3.8) is 0 Å². The van der Waals surface area contributed by atoms with Crippen molar-refractivity contribution in [2.45, 2.75) is 64.3 Å². The Labute approximate surface area is 272 Å². The molecule has 0 spiro atoms. The predicted octanol–water partition coefficient (Wildman–Crippen LogP) is 2.75. The molecule has 3 aromatic heterocycles. The van der Waals surface area contributed by atoms with E-state index in [1.54, 1.807) is 10.9 Å². The minimum absolute atomic E-state index is 0.0371. The molecule has 6 rings (SSSR count). The van der Waals surface area contributed by atoms with Gasteiger partial charge in [-0.1, -0.05) is 79.7 Å². The molecule has 4 heterocycles. The molecule has 4 unspecified atom stereocenters. The van der Waals surface area contributed by atoms with E-state index < -0.39 is 34.6 Å². The minimum Gasteiger partial charge on any atom is -0.387 e. The molecular formula is C32H39N9O5S. The molecule has 0 aliphatic carbocycles. The highest BCUT2D eigenvalue weighted by atomic mass is 32.2. The summed E-state index contributed by atoms with van der Waals surface area (Å²) in [5.74, 6) is 0.435. The zero-order valence-corrected chi connectivity index (χ0v) is 27.2. The molecule has 14 nitrogen and oxygen atoms in total. The Kier molecular flexibility index (Phi) is 9.61. The smallest absolute Gasteiger partial charge is 0.212 e. The largest absolute Gasteiger partial charge is 0.387 e. The summed E-state index contributed by atoms with van der Waals surface area (Å²) in [6.07, 6.45) is -1.51. The number of sulfonamides is 1. The molecule has 0 radical (unpaired) electrons. The molecule has 1 aliphatic rings. The molecule has 248 valence electrons. The zero-order valence-electron chi connectivity index (χ0n) is 26.4. The molecule has 0 bridgehead atoms. The Morgan fingerprint density at radius 2 is 1.66 bits per heavy atom. The number of nitrogens with zero attached hydrogens (tertiary/aromatic N) is 7. The van der Waals surface area contributed by atoms with Gasteiger partial charge >= 0.3 is 0 Å². The highest BCUT2D eigenvalue weighted by Crippen LogP contribution is 2.39. The second-order valence-electron chi connectivity index (χ2n) is 12.0. The second kappa shape index (κ2) is 13.8. The number of hydrogen-bond acceptors (Lipinski definition) is 11. The van der Waals surface area contributed by atoms with Crippen LogP contribution in [-0.4, -0.2) is 77.6 Å². The minimum atomic E-state index is -3.60. The summed E-state index contributed by atoms with van der Waals surface area (Å²) in [5.41, 5.74) is 3.28. The van der Waals surface area contributed by atoms with Crippen LogP contribution in [0, 0.1) is 5.92 Å². The van der Waals surface area contributed by atoms with Crippen molar-refractivity contribution in [2.75, 3.05) is 17.6 Å². The van der Waals surface area contributed by atoms with Crippen molar-refractivity contribution >= 4 is 27.0 Å². The van der Waals surface area contributed by atoms with Crippen molar-refractivity contribution in [3.05, 3.63) is 95.8 Å². The average Bonchev–Trinajstić information content (AvgIpc) is 3.78. The Morgan fingerprint density at radius 1 is 0.979 bits per heavy atom. The number of aliphatic hydroxyl groups is 2. The lowest BCUT2D eigenvalue weighted by Crippen LogP contribution is -2.30. The van der Waals surface area contributed by atoms with Gasteiger partial charge in [0.2, 0.25) is 10.0 Å². The van der Waals surface area contributed by atoms with E-state index in [-0.39, 0.29) is 30.0 Å². The van der Waals surface area contributed by atoms with Crippen LogP contribution in [0.25, 0.3) is 11.2 Å². The number of anilines is 1. The average molecular weight is 662 g/mol. The quantitative estimate of drug-likeness (QED) is 0.146. The number of fused-ring (bicyclic) bond motifs is 1. The molecule has 0 amide bonds. The predicted molar refractivity (Wildman–Crippen MR) is 175 cm³/mol. The third-order valence-electron chi connectivity index (χ3n) is 8.03. The van der Waals surface area contributed by atoms with Crippen molar-refractivity contribution in [1.82, 2.24) is 39.2 Å². The molecule has 1 saturated heterocycles. The Balaban J connectivity index is 1.35. The summed E-state index contributed by atoms with van der Waals surface area (Å²) < 4.78 is 37.3. The summed E-state index contributed by atoms with van der Waals surface area (Å²) in [5, 5.41) is 33.6. The topological polar surface area (TPSA) is 182 Å². The van der Waals surface area contributed by atoms with Gasteiger partial charge in [-0.3, -0.25) is 9.25 Å². The maximum absolute atomic E-state index is 12.7. The number of nitrogens with one attached hydrogen (secondary N) is 2. The molecule has 4 atom stereocenters. The SMILES string of the molecule is CCn1cc(C2OC(n3cnc4c(NCC(c5ccccc5)c5ccccc5)nc(CNS(=O)(=O)CC(C)C)nc43)C(O)C2O)nn1. The van der Waals surface area contributed by atoms with Crippen LogP contribution < -0.4 is 10.0 Å². The molecule has 0 saturated carbocycles. The van der Waals surface area contributed by atoms with Crippen LogP contribution in [0.3, 0.4) is 0 Å². The third-order valence-corrected chi connectivity index (χ3v) is 9.72. The summed E-state index contributed by atoms with van der Waals surface area (Å²) in [6, 6.07) is 20.2. The van der Waals surface area contributed by atoms with Gasteiger partial charge in [0.05, 0.1) is 24.8 Å². The van der Waals surface area contributed by atoms with E-state index in [1.807, 2.05) is 57.2 Å². The fraction of sp³-hybridized carbons (Fsp3) is 0.406. The van der Waals surface area contributed by atoms with Gasteiger partial charge in [-0.2, -0.15) is 0 Å². The Hall–Kier alpha value is -4.28. The highest BCUT2D eigenvalue weighted by molar-refractivity contribution is 7.89. The van der Waals surface area contributed by atoms with Crippen LogP contribution in [0.1, 0.15) is 61.7 Å². The number of aryl methyl sites for hydroxylation is 1. The molecule has 47 heavy (non-hydrogen) atoms. The van der Waals surface area contributed by atoms with E-state index >= 15 is 0 Å². The van der Waals surface area contributed by atoms with Gasteiger partial charge in [0.1, 0.15) is 29.8 Å². The maximum atomic E-state index is 12.7. The van der Waals surface area contributed by atoms with Crippen molar-refractivity contribution in [1.29, 1.82) is 0 Å². The Bertz CT molecular complexity index is 1860. The van der Waals surface area contributed by atoms with Gasteiger partial charge in [0.15, 0.2) is 23.2 Å².